The van der Waals surface area contributed by atoms with Crippen LogP contribution in [0.25, 0.3) is 0 Å². The Kier molecular flexibility index (Phi) is 3.48. The van der Waals surface area contributed by atoms with Gasteiger partial charge in [0.05, 0.1) is 17.5 Å². The lowest BCUT2D eigenvalue weighted by Gasteiger charge is -2.16. The first-order chi connectivity index (χ1) is 8.04. The van der Waals surface area contributed by atoms with Gasteiger partial charge in [-0.05, 0) is 0 Å². The maximum Gasteiger partial charge on any atom is 0.330 e. The molecular weight excluding hydrogens is 296 g/mol. The van der Waals surface area contributed by atoms with E-state index in [0.717, 1.165) is 10.6 Å². The molecule has 3 N–H and O–H groups in total. The summed E-state index contributed by atoms with van der Waals surface area (Å²) in [6.07, 6.45) is -1.28. The third-order valence-electron chi connectivity index (χ3n) is 2.59. The average molecular weight is 307 g/mol. The van der Waals surface area contributed by atoms with E-state index >= 15 is 0 Å². The van der Waals surface area contributed by atoms with Gasteiger partial charge in [0.25, 0.3) is 5.56 Å². The van der Waals surface area contributed by atoms with E-state index in [9.17, 15) is 14.7 Å². The molecular formula is C9H11BrN2O5. The lowest BCUT2D eigenvalue weighted by Crippen LogP contribution is -2.36. The normalized spacial score (nSPS) is 32.9. The van der Waals surface area contributed by atoms with E-state index in [1.54, 1.807) is 0 Å². The summed E-state index contributed by atoms with van der Waals surface area (Å²) in [6, 6.07) is 1.16. The minimum absolute atomic E-state index is 0.276. The Bertz CT molecular complexity index is 513. The summed E-state index contributed by atoms with van der Waals surface area (Å²) in [4.78, 5) is 24.0. The number of H-pyrrole nitrogens is 1. The molecule has 4 atom stereocenters. The largest absolute Gasteiger partial charge is 0.394 e. The van der Waals surface area contributed by atoms with Crippen molar-refractivity contribution >= 4 is 15.9 Å². The Morgan fingerprint density at radius 3 is 2.76 bits per heavy atom. The fourth-order valence-electron chi connectivity index (χ4n) is 1.71. The summed E-state index contributed by atoms with van der Waals surface area (Å²) >= 11 is 3.18. The molecule has 1 fully saturated rings. The van der Waals surface area contributed by atoms with Crippen molar-refractivity contribution in [2.45, 2.75) is 23.3 Å². The fourth-order valence-corrected chi connectivity index (χ4v) is 2.27. The Labute approximate surface area is 104 Å². The number of aliphatic hydroxyl groups excluding tert-OH is 2. The number of aliphatic hydroxyl groups is 2. The zero-order chi connectivity index (χ0) is 12.6. The highest BCUT2D eigenvalue weighted by Crippen LogP contribution is 2.32. The Hall–Kier alpha value is -0.960. The quantitative estimate of drug-likeness (QED) is 0.580. The summed E-state index contributed by atoms with van der Waals surface area (Å²) < 4.78 is 6.42. The van der Waals surface area contributed by atoms with E-state index in [1.165, 1.54) is 6.20 Å². The van der Waals surface area contributed by atoms with Crippen LogP contribution in [0.1, 0.15) is 6.23 Å². The maximum atomic E-state index is 11.5. The number of aromatic nitrogens is 2. The predicted molar refractivity (Wildman–Crippen MR) is 61.0 cm³/mol. The standard InChI is InChI=1S/C9H11BrN2O5/c10-6-4(3-13)17-8(7(6)15)12-2-1-5(14)11-9(12)16/h1-2,4,6-8,13,15H,3H2,(H,11,14,16)/t4-,6-,7+,8?/m1/s1. The molecule has 94 valence electrons. The Morgan fingerprint density at radius 2 is 2.24 bits per heavy atom. The van der Waals surface area contributed by atoms with Gasteiger partial charge in [0.2, 0.25) is 0 Å². The Morgan fingerprint density at radius 1 is 1.53 bits per heavy atom. The number of halogens is 1. The first-order valence-corrected chi connectivity index (χ1v) is 5.86. The molecule has 1 aromatic rings. The van der Waals surface area contributed by atoms with Crippen LogP contribution in [0.3, 0.4) is 0 Å². The molecule has 2 rings (SSSR count). The van der Waals surface area contributed by atoms with Crippen molar-refractivity contribution in [1.82, 2.24) is 9.55 Å². The Balaban J connectivity index is 2.35. The van der Waals surface area contributed by atoms with Crippen LogP contribution in [-0.2, 0) is 4.74 Å². The molecule has 1 saturated heterocycles. The average Bonchev–Trinajstić information content (AvgIpc) is 2.57. The molecule has 2 heterocycles. The molecule has 0 spiro atoms. The number of ether oxygens (including phenoxy) is 1. The van der Waals surface area contributed by atoms with E-state index in [2.05, 4.69) is 20.9 Å². The summed E-state index contributed by atoms with van der Waals surface area (Å²) in [7, 11) is 0. The van der Waals surface area contributed by atoms with Gasteiger partial charge in [-0.25, -0.2) is 4.79 Å². The van der Waals surface area contributed by atoms with Crippen molar-refractivity contribution in [2.75, 3.05) is 6.61 Å². The third-order valence-corrected chi connectivity index (χ3v) is 3.72. The van der Waals surface area contributed by atoms with Gasteiger partial charge in [-0.3, -0.25) is 14.3 Å². The molecule has 8 heteroatoms. The number of hydrogen-bond acceptors (Lipinski definition) is 5. The van der Waals surface area contributed by atoms with E-state index in [0.29, 0.717) is 0 Å². The van der Waals surface area contributed by atoms with Gasteiger partial charge in [0, 0.05) is 12.3 Å². The zero-order valence-corrected chi connectivity index (χ0v) is 10.2. The number of alkyl halides is 1. The lowest BCUT2D eigenvalue weighted by atomic mass is 10.2. The van der Waals surface area contributed by atoms with Gasteiger partial charge >= 0.3 is 5.69 Å². The van der Waals surface area contributed by atoms with Crippen LogP contribution in [-0.4, -0.2) is 43.4 Å². The molecule has 7 nitrogen and oxygen atoms in total. The van der Waals surface area contributed by atoms with Crippen LogP contribution >= 0.6 is 15.9 Å². The summed E-state index contributed by atoms with van der Waals surface area (Å²) in [5.41, 5.74) is -1.19. The highest BCUT2D eigenvalue weighted by atomic mass is 79.9. The zero-order valence-electron chi connectivity index (χ0n) is 8.62. The van der Waals surface area contributed by atoms with Crippen molar-refractivity contribution in [1.29, 1.82) is 0 Å². The van der Waals surface area contributed by atoms with Crippen molar-refractivity contribution in [3.63, 3.8) is 0 Å². The first kappa shape index (κ1) is 12.5. The van der Waals surface area contributed by atoms with Crippen LogP contribution in [0.2, 0.25) is 0 Å². The smallest absolute Gasteiger partial charge is 0.330 e. The molecule has 0 amide bonds. The number of aromatic amines is 1. The van der Waals surface area contributed by atoms with Gasteiger partial charge < -0.3 is 14.9 Å². The molecule has 1 aliphatic rings. The van der Waals surface area contributed by atoms with Gasteiger partial charge in [-0.2, -0.15) is 0 Å². The molecule has 0 saturated carbocycles. The molecule has 17 heavy (non-hydrogen) atoms. The second kappa shape index (κ2) is 4.73. The monoisotopic (exact) mass is 306 g/mol. The van der Waals surface area contributed by atoms with Crippen molar-refractivity contribution < 1.29 is 14.9 Å². The summed E-state index contributed by atoms with van der Waals surface area (Å²) in [5.74, 6) is 0. The van der Waals surface area contributed by atoms with Crippen LogP contribution in [0.4, 0.5) is 0 Å². The molecule has 0 aliphatic carbocycles. The van der Waals surface area contributed by atoms with E-state index in [1.807, 2.05) is 0 Å². The number of nitrogens with one attached hydrogen (secondary N) is 1. The molecule has 0 radical (unpaired) electrons. The minimum atomic E-state index is -0.990. The minimum Gasteiger partial charge on any atom is -0.394 e. The summed E-state index contributed by atoms with van der Waals surface area (Å²) in [6.45, 7) is -0.276. The SMILES string of the molecule is O=c1ccn(C2O[C@H](CO)[C@@H](Br)[C@@H]2O)c(=O)[nH]1. The number of nitrogens with zero attached hydrogens (tertiary/aromatic N) is 1. The third kappa shape index (κ3) is 2.21. The van der Waals surface area contributed by atoms with Crippen LogP contribution in [0.5, 0.6) is 0 Å². The molecule has 1 aromatic heterocycles. The molecule has 1 aliphatic heterocycles. The fraction of sp³-hybridized carbons (Fsp3) is 0.556. The number of hydrogen-bond donors (Lipinski definition) is 3. The highest BCUT2D eigenvalue weighted by Gasteiger charge is 2.43. The van der Waals surface area contributed by atoms with Crippen LogP contribution < -0.4 is 11.2 Å². The van der Waals surface area contributed by atoms with E-state index < -0.39 is 34.5 Å². The highest BCUT2D eigenvalue weighted by molar-refractivity contribution is 9.09. The summed E-state index contributed by atoms with van der Waals surface area (Å²) in [5, 5.41) is 18.9. The van der Waals surface area contributed by atoms with Crippen molar-refractivity contribution in [3.8, 4) is 0 Å². The molecule has 0 bridgehead atoms. The predicted octanol–water partition coefficient (Wildman–Crippen LogP) is -1.45. The van der Waals surface area contributed by atoms with Gasteiger partial charge in [0.15, 0.2) is 6.23 Å². The first-order valence-electron chi connectivity index (χ1n) is 4.94. The van der Waals surface area contributed by atoms with E-state index in [-0.39, 0.29) is 6.61 Å². The lowest BCUT2D eigenvalue weighted by molar-refractivity contribution is -0.0530. The van der Waals surface area contributed by atoms with Crippen LogP contribution in [0.15, 0.2) is 21.9 Å². The second-order valence-electron chi connectivity index (χ2n) is 3.70. The molecule has 0 aromatic carbocycles. The number of rotatable bonds is 2. The van der Waals surface area contributed by atoms with Crippen molar-refractivity contribution in [3.05, 3.63) is 33.1 Å². The van der Waals surface area contributed by atoms with Gasteiger partial charge in [0.1, 0.15) is 6.10 Å². The topological polar surface area (TPSA) is 105 Å². The van der Waals surface area contributed by atoms with Crippen molar-refractivity contribution in [2.24, 2.45) is 0 Å². The van der Waals surface area contributed by atoms with Gasteiger partial charge in [-0.15, -0.1) is 0 Å². The second-order valence-corrected chi connectivity index (χ2v) is 4.76. The molecule has 1 unspecified atom stereocenters. The van der Waals surface area contributed by atoms with Crippen LogP contribution in [0, 0.1) is 0 Å². The van der Waals surface area contributed by atoms with E-state index in [4.69, 9.17) is 9.84 Å². The maximum absolute atomic E-state index is 11.5. The van der Waals surface area contributed by atoms with Gasteiger partial charge in [-0.1, -0.05) is 15.9 Å².